The number of hydrogen-bond acceptors (Lipinski definition) is 22. The SMILES string of the molecule is CN1N=C2SC1=NCCOCCOCCN=C1SC(=NN1C)c1cccc(n1)C1=NN(C)C(=NCCOCCOCCN=C3SC(=NN3C)c3cccc2n3)S1. The van der Waals surface area contributed by atoms with E-state index in [2.05, 4.69) is 20.4 Å². The molecule has 0 saturated heterocycles. The minimum Gasteiger partial charge on any atom is -0.377 e. The van der Waals surface area contributed by atoms with Crippen molar-refractivity contribution in [3.63, 3.8) is 0 Å². The lowest BCUT2D eigenvalue weighted by atomic mass is 10.3. The minimum absolute atomic E-state index is 0.464. The van der Waals surface area contributed by atoms with E-state index in [1.54, 1.807) is 20.0 Å². The molecule has 0 aromatic carbocycles. The van der Waals surface area contributed by atoms with Crippen LogP contribution >= 0.6 is 47.0 Å². The third kappa shape index (κ3) is 10.7. The second kappa shape index (κ2) is 20.0. The van der Waals surface area contributed by atoms with E-state index < -0.39 is 0 Å². The molecule has 56 heavy (non-hydrogen) atoms. The Morgan fingerprint density at radius 3 is 0.893 bits per heavy atom. The molecule has 2 aromatic heterocycles. The van der Waals surface area contributed by atoms with Crippen LogP contribution in [0.4, 0.5) is 0 Å². The smallest absolute Gasteiger partial charge is 0.186 e. The van der Waals surface area contributed by atoms with E-state index in [-0.39, 0.29) is 0 Å². The number of pyridine rings is 2. The van der Waals surface area contributed by atoms with Gasteiger partial charge in [0.05, 0.1) is 102 Å². The maximum absolute atomic E-state index is 5.76. The van der Waals surface area contributed by atoms with Gasteiger partial charge in [0, 0.05) is 28.2 Å². The Kier molecular flexibility index (Phi) is 14.4. The zero-order valence-corrected chi connectivity index (χ0v) is 34.7. The summed E-state index contributed by atoms with van der Waals surface area (Å²) in [5.74, 6) is 0. The number of hydrogen-bond donors (Lipinski definition) is 0. The van der Waals surface area contributed by atoms with Crippen LogP contribution in [0.3, 0.4) is 0 Å². The van der Waals surface area contributed by atoms with Gasteiger partial charge in [0.25, 0.3) is 0 Å². The first-order chi connectivity index (χ1) is 27.4. The Bertz CT molecular complexity index is 1720. The van der Waals surface area contributed by atoms with Gasteiger partial charge in [-0.1, -0.05) is 12.1 Å². The van der Waals surface area contributed by atoms with Crippen LogP contribution in [0.1, 0.15) is 22.8 Å². The number of aliphatic imine (C=N–C) groups is 4. The van der Waals surface area contributed by atoms with Gasteiger partial charge in [-0.2, -0.15) is 20.4 Å². The maximum atomic E-state index is 5.76. The second-order valence-corrected chi connectivity index (χ2v) is 15.9. The lowest BCUT2D eigenvalue weighted by Crippen LogP contribution is -2.15. The number of amidine groups is 4. The van der Waals surface area contributed by atoms with Gasteiger partial charge in [0.2, 0.25) is 0 Å². The second-order valence-electron chi connectivity index (χ2n) is 12.0. The van der Waals surface area contributed by atoms with E-state index in [1.807, 2.05) is 64.6 Å². The molecule has 0 aliphatic carbocycles. The fourth-order valence-electron chi connectivity index (χ4n) is 5.17. The van der Waals surface area contributed by atoms with E-state index in [1.165, 1.54) is 47.0 Å². The Morgan fingerprint density at radius 2 is 0.643 bits per heavy atom. The number of rotatable bonds is 0. The molecule has 0 fully saturated rings. The topological polar surface area (TPSA) is 175 Å². The van der Waals surface area contributed by atoms with Gasteiger partial charge in [-0.3, -0.25) is 20.0 Å². The highest BCUT2D eigenvalue weighted by molar-refractivity contribution is 8.28. The number of thioether (sulfide) groups is 4. The quantitative estimate of drug-likeness (QED) is 0.379. The van der Waals surface area contributed by atoms with E-state index in [9.17, 15) is 0 Å². The molecule has 0 saturated carbocycles. The van der Waals surface area contributed by atoms with Crippen molar-refractivity contribution in [2.24, 2.45) is 40.4 Å². The zero-order chi connectivity index (χ0) is 38.7. The number of aromatic nitrogens is 2. The van der Waals surface area contributed by atoms with Crippen molar-refractivity contribution < 1.29 is 18.9 Å². The molecule has 5 aliphatic rings. The molecular weight excluding hydrogens is 797 g/mol. The summed E-state index contributed by atoms with van der Waals surface area (Å²) in [6, 6.07) is 11.7. The molecule has 0 N–H and O–H groups in total. The first-order valence-electron chi connectivity index (χ1n) is 17.9. The van der Waals surface area contributed by atoms with Crippen LogP contribution < -0.4 is 0 Å². The summed E-state index contributed by atoms with van der Waals surface area (Å²) in [7, 11) is 7.51. The normalized spacial score (nSPS) is 21.2. The summed E-state index contributed by atoms with van der Waals surface area (Å²) in [5, 5.41) is 31.9. The fraction of sp³-hybridized carbons (Fsp3) is 0.471. The fourth-order valence-corrected chi connectivity index (χ4v) is 8.71. The first kappa shape index (κ1) is 40.3. The Hall–Kier alpha value is -3.90. The van der Waals surface area contributed by atoms with Gasteiger partial charge in [-0.05, 0) is 71.3 Å². The van der Waals surface area contributed by atoms with Crippen LogP contribution in [0.15, 0.2) is 76.8 Å². The average Bonchev–Trinajstić information content (AvgIpc) is 3.98. The highest BCUT2D eigenvalue weighted by atomic mass is 32.2. The largest absolute Gasteiger partial charge is 0.377 e. The molecule has 0 radical (unpaired) electrons. The molecule has 296 valence electrons. The van der Waals surface area contributed by atoms with Crippen molar-refractivity contribution in [1.29, 1.82) is 0 Å². The summed E-state index contributed by atoms with van der Waals surface area (Å²) < 4.78 is 23.0. The van der Waals surface area contributed by atoms with Gasteiger partial charge >= 0.3 is 0 Å². The predicted octanol–water partition coefficient (Wildman–Crippen LogP) is 3.04. The molecule has 7 heterocycles. The lowest BCUT2D eigenvalue weighted by Gasteiger charge is -2.07. The van der Waals surface area contributed by atoms with Crippen LogP contribution in [-0.4, -0.2) is 178 Å². The molecule has 12 bridgehead atoms. The van der Waals surface area contributed by atoms with Gasteiger partial charge in [-0.25, -0.2) is 30.0 Å². The number of ether oxygens (including phenoxy) is 4. The van der Waals surface area contributed by atoms with Gasteiger partial charge in [0.15, 0.2) is 40.8 Å². The molecular formula is C34H42N14O4S4. The monoisotopic (exact) mass is 838 g/mol. The first-order valence-corrected chi connectivity index (χ1v) is 21.1. The van der Waals surface area contributed by atoms with E-state index >= 15 is 0 Å². The molecule has 2 aromatic rings. The molecule has 18 nitrogen and oxygen atoms in total. The molecule has 0 atom stereocenters. The molecule has 0 amide bonds. The highest BCUT2D eigenvalue weighted by Crippen LogP contribution is 2.28. The van der Waals surface area contributed by atoms with Gasteiger partial charge in [0.1, 0.15) is 0 Å². The Balaban J connectivity index is 0.954. The van der Waals surface area contributed by atoms with Crippen molar-refractivity contribution in [1.82, 2.24) is 30.0 Å². The van der Waals surface area contributed by atoms with Crippen molar-refractivity contribution in [2.75, 3.05) is 107 Å². The molecule has 7 rings (SSSR count). The lowest BCUT2D eigenvalue weighted by molar-refractivity contribution is 0.0540. The minimum atomic E-state index is 0.464. The number of hydrazone groups is 4. The number of fused-ring (bicyclic) bond motifs is 16. The van der Waals surface area contributed by atoms with E-state index in [4.69, 9.17) is 48.9 Å². The van der Waals surface area contributed by atoms with E-state index in [0.29, 0.717) is 79.0 Å². The molecule has 0 unspecified atom stereocenters. The summed E-state index contributed by atoms with van der Waals surface area (Å²) in [5.41, 5.74) is 3.01. The standard InChI is InChI=1S/C34H42N14O4S4/c1-45-31-35-11-15-49-19-20-50-16-12-37-33-47(3)43-29(55-33)25-9-6-10-26(40-25)30-44-48(4)34(56-30)38-14-18-52-22-21-51-17-13-36-32-46(2)42-28(54-32)24-8-5-7-23(39-24)27(41-45)53-31/h5-10H,11-22H2,1-4H3. The predicted molar refractivity (Wildman–Crippen MR) is 229 cm³/mol. The van der Waals surface area contributed by atoms with Gasteiger partial charge in [-0.15, -0.1) is 0 Å². The summed E-state index contributed by atoms with van der Waals surface area (Å²) in [6.45, 7) is 5.73. The Morgan fingerprint density at radius 1 is 0.393 bits per heavy atom. The summed E-state index contributed by atoms with van der Waals surface area (Å²) >= 11 is 5.91. The van der Waals surface area contributed by atoms with Crippen LogP contribution in [0, 0.1) is 0 Å². The maximum Gasteiger partial charge on any atom is 0.186 e. The Labute approximate surface area is 342 Å². The van der Waals surface area contributed by atoms with Crippen LogP contribution in [-0.2, 0) is 18.9 Å². The third-order valence-electron chi connectivity index (χ3n) is 7.87. The van der Waals surface area contributed by atoms with Crippen molar-refractivity contribution in [3.05, 3.63) is 59.2 Å². The van der Waals surface area contributed by atoms with E-state index in [0.717, 1.165) is 63.6 Å². The summed E-state index contributed by atoms with van der Waals surface area (Å²) in [4.78, 5) is 28.5. The van der Waals surface area contributed by atoms with Crippen LogP contribution in [0.25, 0.3) is 0 Å². The average molecular weight is 839 g/mol. The summed E-state index contributed by atoms with van der Waals surface area (Å²) in [6.07, 6.45) is 0. The van der Waals surface area contributed by atoms with Crippen LogP contribution in [0.2, 0.25) is 0 Å². The highest BCUT2D eigenvalue weighted by Gasteiger charge is 2.27. The van der Waals surface area contributed by atoms with Crippen molar-refractivity contribution in [3.8, 4) is 0 Å². The number of nitrogens with zero attached hydrogens (tertiary/aromatic N) is 14. The van der Waals surface area contributed by atoms with Crippen LogP contribution in [0.5, 0.6) is 0 Å². The van der Waals surface area contributed by atoms with Gasteiger partial charge < -0.3 is 18.9 Å². The molecule has 5 aliphatic heterocycles. The van der Waals surface area contributed by atoms with Crippen molar-refractivity contribution >= 4 is 87.9 Å². The molecule has 22 heteroatoms. The molecule has 0 spiro atoms. The zero-order valence-electron chi connectivity index (χ0n) is 31.5. The van der Waals surface area contributed by atoms with Crippen molar-refractivity contribution in [2.45, 2.75) is 0 Å². The third-order valence-corrected chi connectivity index (χ3v) is 12.1.